The summed E-state index contributed by atoms with van der Waals surface area (Å²) in [5.41, 5.74) is 2.13. The monoisotopic (exact) mass is 218 g/mol. The maximum atomic E-state index is 6.23. The zero-order valence-electron chi connectivity index (χ0n) is 8.15. The van der Waals surface area contributed by atoms with Gasteiger partial charge in [0, 0.05) is 29.3 Å². The molecule has 0 bridgehead atoms. The molecule has 0 aromatic carbocycles. The molecule has 1 aromatic heterocycles. The van der Waals surface area contributed by atoms with Gasteiger partial charge in [0.25, 0.3) is 0 Å². The number of aromatic nitrogens is 1. The lowest BCUT2D eigenvalue weighted by Gasteiger charge is -2.31. The number of rotatable bonds is 0. The molecule has 1 aliphatic heterocycles. The van der Waals surface area contributed by atoms with Gasteiger partial charge in [-0.3, -0.25) is 4.98 Å². The molecule has 1 aromatic rings. The van der Waals surface area contributed by atoms with Crippen LogP contribution in [0.5, 0.6) is 0 Å². The van der Waals surface area contributed by atoms with Gasteiger partial charge in [0.2, 0.25) is 0 Å². The lowest BCUT2D eigenvalue weighted by molar-refractivity contribution is 0.463. The number of halogens is 1. The summed E-state index contributed by atoms with van der Waals surface area (Å²) in [6.07, 6.45) is 8.25. The van der Waals surface area contributed by atoms with Gasteiger partial charge < -0.3 is 5.32 Å². The molecule has 0 saturated heterocycles. The van der Waals surface area contributed by atoms with E-state index in [2.05, 4.69) is 28.5 Å². The zero-order chi connectivity index (χ0) is 10.3. The normalized spacial score (nSPS) is 27.9. The fraction of sp³-hybridized carbons (Fsp3) is 0.250. The second kappa shape index (κ2) is 3.47. The van der Waals surface area contributed by atoms with E-state index >= 15 is 0 Å². The highest BCUT2D eigenvalue weighted by molar-refractivity contribution is 6.49. The van der Waals surface area contributed by atoms with Gasteiger partial charge in [-0.2, -0.15) is 0 Å². The molecule has 2 heterocycles. The van der Waals surface area contributed by atoms with Crippen LogP contribution in [0.1, 0.15) is 17.3 Å². The van der Waals surface area contributed by atoms with Crippen LogP contribution in [0.25, 0.3) is 5.03 Å². The Balaban J connectivity index is 2.16. The van der Waals surface area contributed by atoms with Gasteiger partial charge in [0.15, 0.2) is 0 Å². The summed E-state index contributed by atoms with van der Waals surface area (Å²) in [7, 11) is 0. The van der Waals surface area contributed by atoms with Gasteiger partial charge in [0.05, 0.1) is 11.7 Å². The van der Waals surface area contributed by atoms with Crippen molar-refractivity contribution in [3.8, 4) is 0 Å². The molecule has 2 nitrogen and oxygen atoms in total. The summed E-state index contributed by atoms with van der Waals surface area (Å²) in [4.78, 5) is 4.43. The molecule has 1 aliphatic carbocycles. The van der Waals surface area contributed by atoms with Gasteiger partial charge in [0.1, 0.15) is 0 Å². The third-order valence-electron chi connectivity index (χ3n) is 2.93. The molecule has 2 unspecified atom stereocenters. The van der Waals surface area contributed by atoms with Crippen molar-refractivity contribution in [3.05, 3.63) is 47.8 Å². The molecule has 0 fully saturated rings. The van der Waals surface area contributed by atoms with E-state index in [1.165, 1.54) is 0 Å². The molecule has 2 aliphatic rings. The Kier molecular flexibility index (Phi) is 2.11. The van der Waals surface area contributed by atoms with Gasteiger partial charge in [-0.25, -0.2) is 0 Å². The standard InChI is InChI=1S/C12H11ClN2/c13-10-7-8-3-1-5-14-11(8)12-9(10)4-2-6-15-12/h1-4,6-8,11,14H,5H2. The molecule has 15 heavy (non-hydrogen) atoms. The highest BCUT2D eigenvalue weighted by Crippen LogP contribution is 2.38. The van der Waals surface area contributed by atoms with Crippen LogP contribution >= 0.6 is 11.6 Å². The lowest BCUT2D eigenvalue weighted by atomic mass is 9.86. The first-order valence-corrected chi connectivity index (χ1v) is 5.47. The van der Waals surface area contributed by atoms with Crippen LogP contribution in [0.2, 0.25) is 0 Å². The first-order valence-electron chi connectivity index (χ1n) is 5.09. The Morgan fingerprint density at radius 3 is 3.33 bits per heavy atom. The third kappa shape index (κ3) is 1.41. The molecular formula is C12H11ClN2. The second-order valence-corrected chi connectivity index (χ2v) is 4.25. The number of pyridine rings is 1. The van der Waals surface area contributed by atoms with Crippen LogP contribution in [-0.4, -0.2) is 11.5 Å². The van der Waals surface area contributed by atoms with Crippen molar-refractivity contribution in [2.24, 2.45) is 5.92 Å². The molecular weight excluding hydrogens is 208 g/mol. The zero-order valence-corrected chi connectivity index (χ0v) is 8.91. The Labute approximate surface area is 93.7 Å². The van der Waals surface area contributed by atoms with Crippen LogP contribution in [0.3, 0.4) is 0 Å². The van der Waals surface area contributed by atoms with E-state index in [9.17, 15) is 0 Å². The number of fused-ring (bicyclic) bond motifs is 3. The minimum Gasteiger partial charge on any atom is -0.304 e. The summed E-state index contributed by atoms with van der Waals surface area (Å²) in [5, 5.41) is 4.26. The van der Waals surface area contributed by atoms with Gasteiger partial charge in [-0.05, 0) is 6.07 Å². The van der Waals surface area contributed by atoms with Crippen molar-refractivity contribution in [1.82, 2.24) is 10.3 Å². The SMILES string of the molecule is ClC1=CC2C=CCNC2c2ncccc21. The van der Waals surface area contributed by atoms with Crippen molar-refractivity contribution >= 4 is 16.6 Å². The first-order chi connectivity index (χ1) is 7.36. The molecule has 0 spiro atoms. The predicted molar refractivity (Wildman–Crippen MR) is 61.4 cm³/mol. The van der Waals surface area contributed by atoms with Gasteiger partial charge in [-0.1, -0.05) is 35.9 Å². The number of nitrogens with one attached hydrogen (secondary N) is 1. The molecule has 0 saturated carbocycles. The summed E-state index contributed by atoms with van der Waals surface area (Å²) in [6.45, 7) is 0.905. The van der Waals surface area contributed by atoms with E-state index in [0.717, 1.165) is 22.8 Å². The molecule has 3 heteroatoms. The Morgan fingerprint density at radius 1 is 1.47 bits per heavy atom. The molecule has 2 atom stereocenters. The lowest BCUT2D eigenvalue weighted by Crippen LogP contribution is -2.33. The van der Waals surface area contributed by atoms with Gasteiger partial charge in [-0.15, -0.1) is 0 Å². The number of hydrogen-bond donors (Lipinski definition) is 1. The minimum atomic E-state index is 0.286. The number of hydrogen-bond acceptors (Lipinski definition) is 2. The predicted octanol–water partition coefficient (Wildman–Crippen LogP) is 2.49. The van der Waals surface area contributed by atoms with Crippen molar-refractivity contribution in [1.29, 1.82) is 0 Å². The van der Waals surface area contributed by atoms with Crippen molar-refractivity contribution < 1.29 is 0 Å². The summed E-state index contributed by atoms with van der Waals surface area (Å²) >= 11 is 6.23. The molecule has 3 rings (SSSR count). The van der Waals surface area contributed by atoms with E-state index in [1.54, 1.807) is 0 Å². The highest BCUT2D eigenvalue weighted by atomic mass is 35.5. The quantitative estimate of drug-likeness (QED) is 0.677. The fourth-order valence-electron chi connectivity index (χ4n) is 2.22. The van der Waals surface area contributed by atoms with Crippen LogP contribution in [0, 0.1) is 5.92 Å². The molecule has 76 valence electrons. The average molecular weight is 219 g/mol. The minimum absolute atomic E-state index is 0.286. The van der Waals surface area contributed by atoms with Crippen molar-refractivity contribution in [2.45, 2.75) is 6.04 Å². The molecule has 0 amide bonds. The van der Waals surface area contributed by atoms with E-state index in [4.69, 9.17) is 11.6 Å². The van der Waals surface area contributed by atoms with Gasteiger partial charge >= 0.3 is 0 Å². The Bertz CT molecular complexity index is 451. The summed E-state index contributed by atoms with van der Waals surface area (Å²) < 4.78 is 0. The smallest absolute Gasteiger partial charge is 0.0669 e. The topological polar surface area (TPSA) is 24.9 Å². The first kappa shape index (κ1) is 9.13. The third-order valence-corrected chi connectivity index (χ3v) is 3.26. The van der Waals surface area contributed by atoms with E-state index in [0.29, 0.717) is 5.92 Å². The average Bonchev–Trinajstić information content (AvgIpc) is 2.30. The van der Waals surface area contributed by atoms with Crippen LogP contribution < -0.4 is 5.32 Å². The number of nitrogens with zero attached hydrogens (tertiary/aromatic N) is 1. The van der Waals surface area contributed by atoms with Crippen molar-refractivity contribution in [3.63, 3.8) is 0 Å². The Morgan fingerprint density at radius 2 is 2.40 bits per heavy atom. The van der Waals surface area contributed by atoms with E-state index in [1.807, 2.05) is 18.3 Å². The maximum absolute atomic E-state index is 6.23. The Hall–Kier alpha value is -1.12. The summed E-state index contributed by atoms with van der Waals surface area (Å²) in [5.74, 6) is 0.341. The van der Waals surface area contributed by atoms with Crippen molar-refractivity contribution in [2.75, 3.05) is 6.54 Å². The van der Waals surface area contributed by atoms with Crippen LogP contribution in [0.4, 0.5) is 0 Å². The largest absolute Gasteiger partial charge is 0.304 e. The van der Waals surface area contributed by atoms with Crippen LogP contribution in [-0.2, 0) is 0 Å². The summed E-state index contributed by atoms with van der Waals surface area (Å²) in [6, 6.07) is 4.24. The molecule has 0 radical (unpaired) electrons. The fourth-order valence-corrected chi connectivity index (χ4v) is 2.53. The van der Waals surface area contributed by atoms with E-state index < -0.39 is 0 Å². The highest BCUT2D eigenvalue weighted by Gasteiger charge is 2.29. The second-order valence-electron chi connectivity index (χ2n) is 3.84. The van der Waals surface area contributed by atoms with E-state index in [-0.39, 0.29) is 6.04 Å². The maximum Gasteiger partial charge on any atom is 0.0669 e. The van der Waals surface area contributed by atoms with Crippen LogP contribution in [0.15, 0.2) is 36.6 Å². The molecule has 1 N–H and O–H groups in total.